The van der Waals surface area contributed by atoms with Crippen molar-refractivity contribution in [3.8, 4) is 0 Å². The van der Waals surface area contributed by atoms with E-state index in [0.717, 1.165) is 18.7 Å². The Balaban J connectivity index is 1.99. The fourth-order valence-electron chi connectivity index (χ4n) is 2.40. The zero-order valence-corrected chi connectivity index (χ0v) is 12.3. The van der Waals surface area contributed by atoms with Crippen molar-refractivity contribution in [2.24, 2.45) is 0 Å². The second-order valence-corrected chi connectivity index (χ2v) is 5.24. The molecule has 1 atom stereocenters. The number of likely N-dealkylation sites (N-methyl/N-ethyl adjacent to an activating group) is 1. The van der Waals surface area contributed by atoms with Crippen LogP contribution < -0.4 is 0 Å². The molecule has 0 saturated carbocycles. The summed E-state index contributed by atoms with van der Waals surface area (Å²) in [6.07, 6.45) is -0.430. The van der Waals surface area contributed by atoms with Crippen molar-refractivity contribution in [2.45, 2.75) is 26.5 Å². The average Bonchev–Trinajstić information content (AvgIpc) is 2.47. The van der Waals surface area contributed by atoms with Crippen LogP contribution >= 0.6 is 0 Å². The van der Waals surface area contributed by atoms with Gasteiger partial charge in [-0.3, -0.25) is 4.90 Å². The normalized spacial score (nSPS) is 12.6. The largest absolute Gasteiger partial charge is 0.387 e. The minimum Gasteiger partial charge on any atom is -0.387 e. The van der Waals surface area contributed by atoms with Gasteiger partial charge in [0, 0.05) is 13.1 Å². The fourth-order valence-corrected chi connectivity index (χ4v) is 2.40. The van der Waals surface area contributed by atoms with Gasteiger partial charge in [-0.05, 0) is 24.6 Å². The lowest BCUT2D eigenvalue weighted by molar-refractivity contribution is 0.112. The first kappa shape index (κ1) is 14.8. The molecule has 1 unspecified atom stereocenters. The van der Waals surface area contributed by atoms with Crippen LogP contribution in [0.2, 0.25) is 0 Å². The van der Waals surface area contributed by atoms with Crippen molar-refractivity contribution in [2.75, 3.05) is 13.1 Å². The summed E-state index contributed by atoms with van der Waals surface area (Å²) in [5.41, 5.74) is 3.56. The van der Waals surface area contributed by atoms with Crippen LogP contribution in [0.15, 0.2) is 54.6 Å². The van der Waals surface area contributed by atoms with Crippen LogP contribution in [0.4, 0.5) is 0 Å². The molecule has 0 radical (unpaired) electrons. The molecule has 2 aromatic rings. The molecular weight excluding hydrogens is 246 g/mol. The maximum atomic E-state index is 10.3. The van der Waals surface area contributed by atoms with Crippen molar-refractivity contribution in [3.05, 3.63) is 71.3 Å². The molecule has 2 heteroatoms. The van der Waals surface area contributed by atoms with E-state index < -0.39 is 6.10 Å². The van der Waals surface area contributed by atoms with Crippen LogP contribution in [0.3, 0.4) is 0 Å². The molecule has 0 fully saturated rings. The van der Waals surface area contributed by atoms with Gasteiger partial charge < -0.3 is 5.11 Å². The molecule has 0 saturated heterocycles. The molecule has 20 heavy (non-hydrogen) atoms. The summed E-state index contributed by atoms with van der Waals surface area (Å²) in [5.74, 6) is 0. The van der Waals surface area contributed by atoms with E-state index >= 15 is 0 Å². The predicted octanol–water partition coefficient (Wildman–Crippen LogP) is 3.55. The third-order valence-corrected chi connectivity index (χ3v) is 3.55. The molecule has 0 aliphatic rings. The molecule has 0 bridgehead atoms. The first-order valence-electron chi connectivity index (χ1n) is 7.20. The molecule has 1 N–H and O–H groups in total. The SMILES string of the molecule is CCN(Cc1cccc(C)c1)CC(O)c1ccccc1. The summed E-state index contributed by atoms with van der Waals surface area (Å²) in [7, 11) is 0. The number of hydrogen-bond acceptors (Lipinski definition) is 2. The summed E-state index contributed by atoms with van der Waals surface area (Å²) in [6, 6.07) is 18.4. The Labute approximate surface area is 121 Å². The van der Waals surface area contributed by atoms with Gasteiger partial charge in [0.1, 0.15) is 0 Å². The number of aliphatic hydroxyl groups is 1. The van der Waals surface area contributed by atoms with Gasteiger partial charge in [0.2, 0.25) is 0 Å². The molecule has 2 rings (SSSR count). The van der Waals surface area contributed by atoms with Crippen molar-refractivity contribution in [1.29, 1.82) is 0 Å². The lowest BCUT2D eigenvalue weighted by Crippen LogP contribution is -2.28. The van der Waals surface area contributed by atoms with E-state index in [4.69, 9.17) is 0 Å². The molecule has 0 heterocycles. The van der Waals surface area contributed by atoms with Gasteiger partial charge in [-0.2, -0.15) is 0 Å². The summed E-state index contributed by atoms with van der Waals surface area (Å²) >= 11 is 0. The van der Waals surface area contributed by atoms with E-state index in [-0.39, 0.29) is 0 Å². The standard InChI is InChI=1S/C18H23NO/c1-3-19(13-16-9-7-8-15(2)12-16)14-18(20)17-10-5-4-6-11-17/h4-12,18,20H,3,13-14H2,1-2H3. The van der Waals surface area contributed by atoms with E-state index in [9.17, 15) is 5.11 Å². The highest BCUT2D eigenvalue weighted by atomic mass is 16.3. The Morgan fingerprint density at radius 2 is 1.80 bits per heavy atom. The minimum atomic E-state index is -0.430. The molecule has 2 nitrogen and oxygen atoms in total. The smallest absolute Gasteiger partial charge is 0.0917 e. The molecule has 0 aliphatic carbocycles. The molecule has 0 spiro atoms. The topological polar surface area (TPSA) is 23.5 Å². The van der Waals surface area contributed by atoms with E-state index in [2.05, 4.69) is 43.0 Å². The first-order chi connectivity index (χ1) is 9.69. The van der Waals surface area contributed by atoms with Crippen molar-refractivity contribution in [1.82, 2.24) is 4.90 Å². The van der Waals surface area contributed by atoms with Crippen LogP contribution in [0.25, 0.3) is 0 Å². The van der Waals surface area contributed by atoms with Gasteiger partial charge in [0.05, 0.1) is 6.10 Å². The number of nitrogens with zero attached hydrogens (tertiary/aromatic N) is 1. The van der Waals surface area contributed by atoms with E-state index in [1.54, 1.807) is 0 Å². The van der Waals surface area contributed by atoms with Crippen molar-refractivity contribution >= 4 is 0 Å². The summed E-state index contributed by atoms with van der Waals surface area (Å²) in [6.45, 7) is 6.71. The Hall–Kier alpha value is -1.64. The average molecular weight is 269 g/mol. The number of hydrogen-bond donors (Lipinski definition) is 1. The third-order valence-electron chi connectivity index (χ3n) is 3.55. The highest BCUT2D eigenvalue weighted by molar-refractivity contribution is 5.22. The van der Waals surface area contributed by atoms with Crippen LogP contribution in [0.5, 0.6) is 0 Å². The Bertz CT molecular complexity index is 524. The molecular formula is C18H23NO. The maximum absolute atomic E-state index is 10.3. The van der Waals surface area contributed by atoms with Gasteiger partial charge in [-0.15, -0.1) is 0 Å². The molecule has 2 aromatic carbocycles. The lowest BCUT2D eigenvalue weighted by Gasteiger charge is -2.24. The monoisotopic (exact) mass is 269 g/mol. The fraction of sp³-hybridized carbons (Fsp3) is 0.333. The Morgan fingerprint density at radius 3 is 2.45 bits per heavy atom. The zero-order valence-electron chi connectivity index (χ0n) is 12.3. The summed E-state index contributed by atoms with van der Waals surface area (Å²) < 4.78 is 0. The first-order valence-corrected chi connectivity index (χ1v) is 7.20. The van der Waals surface area contributed by atoms with E-state index in [1.807, 2.05) is 30.3 Å². The second kappa shape index (κ2) is 7.22. The third kappa shape index (κ3) is 4.19. The predicted molar refractivity (Wildman–Crippen MR) is 83.5 cm³/mol. The van der Waals surface area contributed by atoms with Gasteiger partial charge in [-0.25, -0.2) is 0 Å². The minimum absolute atomic E-state index is 0.430. The van der Waals surface area contributed by atoms with Gasteiger partial charge in [-0.1, -0.05) is 67.1 Å². The zero-order chi connectivity index (χ0) is 14.4. The molecule has 0 aliphatic heterocycles. The lowest BCUT2D eigenvalue weighted by atomic mass is 10.1. The second-order valence-electron chi connectivity index (χ2n) is 5.24. The summed E-state index contributed by atoms with van der Waals surface area (Å²) in [4.78, 5) is 2.27. The molecule has 0 aromatic heterocycles. The van der Waals surface area contributed by atoms with Crippen LogP contribution in [0.1, 0.15) is 29.7 Å². The highest BCUT2D eigenvalue weighted by Gasteiger charge is 2.12. The van der Waals surface area contributed by atoms with Gasteiger partial charge >= 0.3 is 0 Å². The van der Waals surface area contributed by atoms with Gasteiger partial charge in [0.25, 0.3) is 0 Å². The Kier molecular flexibility index (Phi) is 5.33. The molecule has 106 valence electrons. The quantitative estimate of drug-likeness (QED) is 0.867. The van der Waals surface area contributed by atoms with E-state index in [1.165, 1.54) is 11.1 Å². The van der Waals surface area contributed by atoms with Crippen molar-refractivity contribution in [3.63, 3.8) is 0 Å². The van der Waals surface area contributed by atoms with Crippen LogP contribution in [-0.2, 0) is 6.54 Å². The highest BCUT2D eigenvalue weighted by Crippen LogP contribution is 2.15. The Morgan fingerprint density at radius 1 is 1.05 bits per heavy atom. The van der Waals surface area contributed by atoms with Crippen LogP contribution in [0, 0.1) is 6.92 Å². The molecule has 0 amide bonds. The number of benzene rings is 2. The van der Waals surface area contributed by atoms with Crippen LogP contribution in [-0.4, -0.2) is 23.1 Å². The number of aliphatic hydroxyl groups excluding tert-OH is 1. The number of aryl methyl sites for hydroxylation is 1. The van der Waals surface area contributed by atoms with Gasteiger partial charge in [0.15, 0.2) is 0 Å². The van der Waals surface area contributed by atoms with E-state index in [0.29, 0.717) is 6.54 Å². The maximum Gasteiger partial charge on any atom is 0.0917 e. The summed E-state index contributed by atoms with van der Waals surface area (Å²) in [5, 5.41) is 10.3. The van der Waals surface area contributed by atoms with Crippen molar-refractivity contribution < 1.29 is 5.11 Å². The number of rotatable bonds is 6.